The third-order valence-electron chi connectivity index (χ3n) is 3.96. The Morgan fingerprint density at radius 3 is 2.16 bits per heavy atom. The highest BCUT2D eigenvalue weighted by molar-refractivity contribution is 5.94. The zero-order valence-electron chi connectivity index (χ0n) is 15.6. The van der Waals surface area contributed by atoms with Crippen LogP contribution in [0.25, 0.3) is 0 Å². The van der Waals surface area contributed by atoms with Crippen molar-refractivity contribution in [3.05, 3.63) is 29.8 Å². The van der Waals surface area contributed by atoms with Gasteiger partial charge in [-0.3, -0.25) is 4.79 Å². The molecule has 6 nitrogen and oxygen atoms in total. The molecule has 0 radical (unpaired) electrons. The van der Waals surface area contributed by atoms with Crippen LogP contribution in [0.5, 0.6) is 5.75 Å². The molecule has 138 valence electrons. The molecule has 3 amide bonds. The number of carbonyl (C=O) groups is 2. The number of hydrogen-bond donors (Lipinski definition) is 1. The van der Waals surface area contributed by atoms with Crippen molar-refractivity contribution >= 4 is 11.9 Å². The van der Waals surface area contributed by atoms with E-state index in [2.05, 4.69) is 5.32 Å². The molecule has 1 aliphatic heterocycles. The average Bonchev–Trinajstić information content (AvgIpc) is 2.80. The zero-order chi connectivity index (χ0) is 18.4. The van der Waals surface area contributed by atoms with Crippen molar-refractivity contribution in [3.63, 3.8) is 0 Å². The number of nitrogens with one attached hydrogen (secondary N) is 1. The highest BCUT2D eigenvalue weighted by Crippen LogP contribution is 2.16. The number of urea groups is 1. The van der Waals surface area contributed by atoms with Gasteiger partial charge in [0.1, 0.15) is 5.75 Å². The minimum absolute atomic E-state index is 0.00205. The Hall–Kier alpha value is -2.24. The first kappa shape index (κ1) is 19.1. The van der Waals surface area contributed by atoms with Crippen LogP contribution in [0.3, 0.4) is 0 Å². The summed E-state index contributed by atoms with van der Waals surface area (Å²) in [7, 11) is 0. The van der Waals surface area contributed by atoms with E-state index < -0.39 is 0 Å². The predicted molar refractivity (Wildman–Crippen MR) is 98.0 cm³/mol. The maximum Gasteiger partial charge on any atom is 0.317 e. The van der Waals surface area contributed by atoms with Gasteiger partial charge in [-0.25, -0.2) is 4.79 Å². The molecule has 0 aromatic heterocycles. The van der Waals surface area contributed by atoms with Crippen molar-refractivity contribution in [1.82, 2.24) is 15.1 Å². The van der Waals surface area contributed by atoms with Crippen LogP contribution in [0.15, 0.2) is 24.3 Å². The van der Waals surface area contributed by atoms with Gasteiger partial charge < -0.3 is 19.9 Å². The van der Waals surface area contributed by atoms with Gasteiger partial charge in [-0.2, -0.15) is 0 Å². The van der Waals surface area contributed by atoms with Gasteiger partial charge in [-0.1, -0.05) is 0 Å². The summed E-state index contributed by atoms with van der Waals surface area (Å²) in [5.74, 6) is 0.765. The van der Waals surface area contributed by atoms with E-state index in [-0.39, 0.29) is 24.1 Å². The fourth-order valence-electron chi connectivity index (χ4n) is 2.79. The quantitative estimate of drug-likeness (QED) is 0.911. The monoisotopic (exact) mass is 347 g/mol. The van der Waals surface area contributed by atoms with Gasteiger partial charge in [0.05, 0.1) is 6.10 Å². The third-order valence-corrected chi connectivity index (χ3v) is 3.96. The summed E-state index contributed by atoms with van der Waals surface area (Å²) in [6.07, 6.45) is 0.890. The molecule has 1 fully saturated rings. The normalized spacial score (nSPS) is 15.3. The van der Waals surface area contributed by atoms with Crippen LogP contribution < -0.4 is 10.1 Å². The second-order valence-corrected chi connectivity index (χ2v) is 6.93. The number of ether oxygens (including phenoxy) is 1. The molecule has 25 heavy (non-hydrogen) atoms. The van der Waals surface area contributed by atoms with Crippen molar-refractivity contribution < 1.29 is 14.3 Å². The average molecular weight is 347 g/mol. The highest BCUT2D eigenvalue weighted by atomic mass is 16.5. The van der Waals surface area contributed by atoms with E-state index in [1.54, 1.807) is 17.0 Å². The molecule has 0 unspecified atom stereocenters. The van der Waals surface area contributed by atoms with Gasteiger partial charge in [0.15, 0.2) is 0 Å². The minimum Gasteiger partial charge on any atom is -0.491 e. The number of nitrogens with zero attached hydrogens (tertiary/aromatic N) is 2. The maximum absolute atomic E-state index is 12.7. The number of rotatable bonds is 4. The topological polar surface area (TPSA) is 61.9 Å². The Labute approximate surface area is 150 Å². The van der Waals surface area contributed by atoms with Crippen molar-refractivity contribution in [2.45, 2.75) is 46.3 Å². The molecular formula is C19H29N3O3. The summed E-state index contributed by atoms with van der Waals surface area (Å²) in [6.45, 7) is 10.3. The van der Waals surface area contributed by atoms with Crippen molar-refractivity contribution in [3.8, 4) is 5.75 Å². The van der Waals surface area contributed by atoms with Crippen molar-refractivity contribution in [2.24, 2.45) is 0 Å². The molecule has 0 atom stereocenters. The summed E-state index contributed by atoms with van der Waals surface area (Å²) in [5.41, 5.74) is 0.649. The summed E-state index contributed by atoms with van der Waals surface area (Å²) < 4.78 is 5.61. The lowest BCUT2D eigenvalue weighted by molar-refractivity contribution is 0.0762. The maximum atomic E-state index is 12.7. The Morgan fingerprint density at radius 1 is 0.960 bits per heavy atom. The van der Waals surface area contributed by atoms with Crippen LogP contribution in [-0.4, -0.2) is 60.1 Å². The lowest BCUT2D eigenvalue weighted by Gasteiger charge is -2.23. The van der Waals surface area contributed by atoms with Gasteiger partial charge in [0, 0.05) is 37.8 Å². The summed E-state index contributed by atoms with van der Waals surface area (Å²) in [4.78, 5) is 28.4. The van der Waals surface area contributed by atoms with Crippen LogP contribution in [0.2, 0.25) is 0 Å². The van der Waals surface area contributed by atoms with Crippen LogP contribution in [0.1, 0.15) is 44.5 Å². The first-order valence-electron chi connectivity index (χ1n) is 8.98. The summed E-state index contributed by atoms with van der Waals surface area (Å²) in [5, 5.41) is 2.91. The van der Waals surface area contributed by atoms with E-state index in [1.807, 2.05) is 44.7 Å². The fraction of sp³-hybridized carbons (Fsp3) is 0.579. The van der Waals surface area contributed by atoms with E-state index in [1.165, 1.54) is 0 Å². The summed E-state index contributed by atoms with van der Waals surface area (Å²) >= 11 is 0. The van der Waals surface area contributed by atoms with Crippen LogP contribution >= 0.6 is 0 Å². The molecule has 1 N–H and O–H groups in total. The van der Waals surface area contributed by atoms with Gasteiger partial charge in [0.2, 0.25) is 0 Å². The molecule has 1 heterocycles. The lowest BCUT2D eigenvalue weighted by atomic mass is 10.2. The van der Waals surface area contributed by atoms with Crippen LogP contribution in [-0.2, 0) is 0 Å². The Bertz CT molecular complexity index is 584. The molecule has 1 aliphatic rings. The first-order chi connectivity index (χ1) is 11.9. The number of hydrogen-bond acceptors (Lipinski definition) is 3. The molecule has 1 aromatic rings. The van der Waals surface area contributed by atoms with Crippen molar-refractivity contribution in [2.75, 3.05) is 26.2 Å². The third kappa shape index (κ3) is 5.66. The zero-order valence-corrected chi connectivity index (χ0v) is 15.6. The minimum atomic E-state index is -0.0560. The number of carbonyl (C=O) groups excluding carboxylic acids is 2. The van der Waals surface area contributed by atoms with E-state index in [9.17, 15) is 9.59 Å². The SMILES string of the molecule is CC(C)NC(=O)N1CCCN(C(=O)c2ccc(OC(C)C)cc2)CC1. The molecule has 6 heteroatoms. The molecule has 0 saturated carbocycles. The predicted octanol–water partition coefficient (Wildman–Crippen LogP) is 2.74. The van der Waals surface area contributed by atoms with Crippen LogP contribution in [0, 0.1) is 0 Å². The van der Waals surface area contributed by atoms with Crippen molar-refractivity contribution in [1.29, 1.82) is 0 Å². The van der Waals surface area contributed by atoms with E-state index >= 15 is 0 Å². The molecular weight excluding hydrogens is 318 g/mol. The smallest absolute Gasteiger partial charge is 0.317 e. The Kier molecular flexibility index (Phi) is 6.67. The van der Waals surface area contributed by atoms with Gasteiger partial charge in [-0.15, -0.1) is 0 Å². The van der Waals surface area contributed by atoms with Gasteiger partial charge in [-0.05, 0) is 58.4 Å². The van der Waals surface area contributed by atoms with E-state index in [0.717, 1.165) is 12.2 Å². The second-order valence-electron chi connectivity index (χ2n) is 6.93. The molecule has 0 aliphatic carbocycles. The van der Waals surface area contributed by atoms with E-state index in [0.29, 0.717) is 31.7 Å². The largest absolute Gasteiger partial charge is 0.491 e. The molecule has 1 aromatic carbocycles. The Morgan fingerprint density at radius 2 is 1.56 bits per heavy atom. The number of benzene rings is 1. The highest BCUT2D eigenvalue weighted by Gasteiger charge is 2.23. The lowest BCUT2D eigenvalue weighted by Crippen LogP contribution is -2.44. The fourth-order valence-corrected chi connectivity index (χ4v) is 2.79. The van der Waals surface area contributed by atoms with Gasteiger partial charge in [0.25, 0.3) is 5.91 Å². The second kappa shape index (κ2) is 8.74. The molecule has 2 rings (SSSR count). The van der Waals surface area contributed by atoms with Crippen LogP contribution in [0.4, 0.5) is 4.79 Å². The molecule has 1 saturated heterocycles. The molecule has 0 spiro atoms. The standard InChI is InChI=1S/C19H29N3O3/c1-14(2)20-19(24)22-11-5-10-21(12-13-22)18(23)16-6-8-17(9-7-16)25-15(3)4/h6-9,14-15H,5,10-13H2,1-4H3,(H,20,24). The first-order valence-corrected chi connectivity index (χ1v) is 8.98. The van der Waals surface area contributed by atoms with Gasteiger partial charge >= 0.3 is 6.03 Å². The Balaban J connectivity index is 1.95. The van der Waals surface area contributed by atoms with E-state index in [4.69, 9.17) is 4.74 Å². The molecule has 0 bridgehead atoms. The summed E-state index contributed by atoms with van der Waals surface area (Å²) in [6, 6.07) is 7.31. The number of amides is 3.